The zero-order valence-corrected chi connectivity index (χ0v) is 13.8. The van der Waals surface area contributed by atoms with E-state index in [4.69, 9.17) is 0 Å². The van der Waals surface area contributed by atoms with Crippen LogP contribution in [0.3, 0.4) is 0 Å². The Kier molecular flexibility index (Phi) is 3.17. The lowest BCUT2D eigenvalue weighted by atomic mass is 9.45. The molecule has 2 nitrogen and oxygen atoms in total. The smallest absolute Gasteiger partial charge is 0.0632 e. The van der Waals surface area contributed by atoms with Gasteiger partial charge >= 0.3 is 0 Å². The van der Waals surface area contributed by atoms with Gasteiger partial charge in [-0.1, -0.05) is 31.8 Å². The van der Waals surface area contributed by atoms with E-state index in [0.29, 0.717) is 5.41 Å². The van der Waals surface area contributed by atoms with E-state index in [0.717, 1.165) is 35.8 Å². The summed E-state index contributed by atoms with van der Waals surface area (Å²) in [5.74, 6) is 3.65. The largest absolute Gasteiger partial charge is 0.411 e. The van der Waals surface area contributed by atoms with Crippen LogP contribution >= 0.6 is 0 Å². The summed E-state index contributed by atoms with van der Waals surface area (Å²) in [7, 11) is 0. The Hall–Kier alpha value is -0.530. The molecule has 0 unspecified atom stereocenters. The van der Waals surface area contributed by atoms with Crippen LogP contribution in [0.1, 0.15) is 78.1 Å². The highest BCUT2D eigenvalue weighted by atomic mass is 16.4. The van der Waals surface area contributed by atoms with E-state index in [2.05, 4.69) is 19.0 Å². The van der Waals surface area contributed by atoms with E-state index in [-0.39, 0.29) is 5.41 Å². The number of hydrogen-bond donors (Lipinski definition) is 1. The van der Waals surface area contributed by atoms with Crippen LogP contribution in [0.2, 0.25) is 0 Å². The van der Waals surface area contributed by atoms with Crippen LogP contribution in [-0.4, -0.2) is 10.9 Å². The van der Waals surface area contributed by atoms with Gasteiger partial charge in [0.15, 0.2) is 0 Å². The third kappa shape index (κ3) is 1.80. The molecule has 6 atom stereocenters. The fourth-order valence-corrected chi connectivity index (χ4v) is 7.25. The lowest BCUT2D eigenvalue weighted by Crippen LogP contribution is -2.52. The molecule has 0 aromatic carbocycles. The molecule has 0 spiro atoms. The minimum atomic E-state index is 0.216. The molecule has 4 aliphatic rings. The third-order valence-corrected chi connectivity index (χ3v) is 8.44. The van der Waals surface area contributed by atoms with Gasteiger partial charge in [-0.05, 0) is 80.5 Å². The van der Waals surface area contributed by atoms with Crippen LogP contribution in [-0.2, 0) is 0 Å². The van der Waals surface area contributed by atoms with Crippen LogP contribution < -0.4 is 0 Å². The highest BCUT2D eigenvalue weighted by Crippen LogP contribution is 2.65. The Bertz CT molecular complexity index is 458. The summed E-state index contributed by atoms with van der Waals surface area (Å²) in [5.41, 5.74) is 1.96. The fourth-order valence-electron chi connectivity index (χ4n) is 7.25. The second-order valence-electron chi connectivity index (χ2n) is 8.94. The van der Waals surface area contributed by atoms with E-state index in [9.17, 15) is 5.21 Å². The molecule has 4 saturated carbocycles. The summed E-state index contributed by atoms with van der Waals surface area (Å²) in [4.78, 5) is 0. The molecule has 4 aliphatic carbocycles. The predicted molar refractivity (Wildman–Crippen MR) is 85.6 cm³/mol. The Balaban J connectivity index is 1.66. The van der Waals surface area contributed by atoms with Crippen LogP contribution in [0.4, 0.5) is 0 Å². The highest BCUT2D eigenvalue weighted by Gasteiger charge is 2.59. The van der Waals surface area contributed by atoms with E-state index >= 15 is 0 Å². The van der Waals surface area contributed by atoms with Gasteiger partial charge in [0.25, 0.3) is 0 Å². The standard InChI is InChI=1S/C19H31NO/c1-18-11-4-3-5-13(18)6-7-14-15-8-9-17(20-21)19(15,2)12-10-16(14)18/h13-16,21H,3-12H2,1-2H3/b20-17-/t13-,14+,15+,16+,18-,19-/m0/s1. The molecule has 0 saturated heterocycles. The molecule has 118 valence electrons. The maximum absolute atomic E-state index is 9.39. The van der Waals surface area contributed by atoms with Crippen molar-refractivity contribution in [1.82, 2.24) is 0 Å². The first-order valence-electron chi connectivity index (χ1n) is 9.31. The Morgan fingerprint density at radius 1 is 0.952 bits per heavy atom. The molecule has 4 fully saturated rings. The normalized spacial score (nSPS) is 54.9. The van der Waals surface area contributed by atoms with Crippen molar-refractivity contribution in [3.63, 3.8) is 0 Å². The molecule has 0 aromatic rings. The summed E-state index contributed by atoms with van der Waals surface area (Å²) in [6.07, 6.45) is 13.8. The van der Waals surface area contributed by atoms with Crippen LogP contribution in [0.5, 0.6) is 0 Å². The molecule has 0 aromatic heterocycles. The molecule has 2 heteroatoms. The molecule has 1 N–H and O–H groups in total. The van der Waals surface area contributed by atoms with E-state index in [1.54, 1.807) is 0 Å². The van der Waals surface area contributed by atoms with E-state index < -0.39 is 0 Å². The van der Waals surface area contributed by atoms with Crippen molar-refractivity contribution in [2.75, 3.05) is 0 Å². The van der Waals surface area contributed by atoms with Crippen molar-refractivity contribution in [2.24, 2.45) is 39.7 Å². The molecule has 0 amide bonds. The summed E-state index contributed by atoms with van der Waals surface area (Å²) < 4.78 is 0. The number of nitrogens with zero attached hydrogens (tertiary/aromatic N) is 1. The SMILES string of the molecule is C[C@]12CCCC[C@H]1CC[C@H]1[C@H]2CC[C@]2(C)/C(=N\O)CC[C@H]12. The van der Waals surface area contributed by atoms with Crippen molar-refractivity contribution in [1.29, 1.82) is 0 Å². The molecule has 0 heterocycles. The number of rotatable bonds is 0. The lowest BCUT2D eigenvalue weighted by molar-refractivity contribution is -0.0938. The average Bonchev–Trinajstić information content (AvgIpc) is 2.83. The topological polar surface area (TPSA) is 32.6 Å². The second-order valence-corrected chi connectivity index (χ2v) is 8.94. The van der Waals surface area contributed by atoms with Crippen LogP contribution in [0, 0.1) is 34.5 Å². The van der Waals surface area contributed by atoms with Crippen molar-refractivity contribution >= 4 is 5.71 Å². The number of hydrogen-bond acceptors (Lipinski definition) is 2. The van der Waals surface area contributed by atoms with Crippen LogP contribution in [0.25, 0.3) is 0 Å². The van der Waals surface area contributed by atoms with Crippen molar-refractivity contribution in [3.05, 3.63) is 0 Å². The van der Waals surface area contributed by atoms with Gasteiger partial charge in [0.1, 0.15) is 0 Å². The first-order valence-corrected chi connectivity index (χ1v) is 9.31. The van der Waals surface area contributed by atoms with Gasteiger partial charge in [-0.25, -0.2) is 0 Å². The summed E-state index contributed by atoms with van der Waals surface area (Å²) >= 11 is 0. The Morgan fingerprint density at radius 3 is 2.62 bits per heavy atom. The zero-order valence-electron chi connectivity index (χ0n) is 13.8. The zero-order chi connectivity index (χ0) is 14.7. The van der Waals surface area contributed by atoms with Crippen molar-refractivity contribution < 1.29 is 5.21 Å². The van der Waals surface area contributed by atoms with Gasteiger partial charge in [0.05, 0.1) is 5.71 Å². The Labute approximate surface area is 129 Å². The molecule has 21 heavy (non-hydrogen) atoms. The first-order chi connectivity index (χ1) is 10.1. The summed E-state index contributed by atoms with van der Waals surface area (Å²) in [6.45, 7) is 5.03. The minimum Gasteiger partial charge on any atom is -0.411 e. The van der Waals surface area contributed by atoms with Crippen molar-refractivity contribution in [2.45, 2.75) is 78.1 Å². The minimum absolute atomic E-state index is 0.216. The van der Waals surface area contributed by atoms with E-state index in [1.807, 2.05) is 0 Å². The summed E-state index contributed by atoms with van der Waals surface area (Å²) in [6, 6.07) is 0. The molecule has 0 aliphatic heterocycles. The average molecular weight is 289 g/mol. The van der Waals surface area contributed by atoms with Gasteiger partial charge < -0.3 is 5.21 Å². The van der Waals surface area contributed by atoms with Gasteiger partial charge in [-0.3, -0.25) is 0 Å². The lowest BCUT2D eigenvalue weighted by Gasteiger charge is -2.59. The maximum Gasteiger partial charge on any atom is 0.0632 e. The number of fused-ring (bicyclic) bond motifs is 5. The van der Waals surface area contributed by atoms with Gasteiger partial charge in [-0.15, -0.1) is 0 Å². The van der Waals surface area contributed by atoms with Gasteiger partial charge in [0.2, 0.25) is 0 Å². The van der Waals surface area contributed by atoms with Gasteiger partial charge in [-0.2, -0.15) is 0 Å². The van der Waals surface area contributed by atoms with Crippen molar-refractivity contribution in [3.8, 4) is 0 Å². The fraction of sp³-hybridized carbons (Fsp3) is 0.947. The molecule has 0 radical (unpaired) electrons. The third-order valence-electron chi connectivity index (χ3n) is 8.44. The molecule has 4 rings (SSSR count). The summed E-state index contributed by atoms with van der Waals surface area (Å²) in [5, 5.41) is 13.1. The van der Waals surface area contributed by atoms with E-state index in [1.165, 1.54) is 57.8 Å². The molecular formula is C19H31NO. The second kappa shape index (κ2) is 4.73. The highest BCUT2D eigenvalue weighted by molar-refractivity contribution is 5.91. The monoisotopic (exact) mass is 289 g/mol. The maximum atomic E-state index is 9.39. The quantitative estimate of drug-likeness (QED) is 0.479. The van der Waals surface area contributed by atoms with Crippen LogP contribution in [0.15, 0.2) is 5.16 Å². The number of oxime groups is 1. The predicted octanol–water partition coefficient (Wildman–Crippen LogP) is 5.25. The molecule has 0 bridgehead atoms. The molecular weight excluding hydrogens is 258 g/mol. The Morgan fingerprint density at radius 2 is 1.81 bits per heavy atom. The first kappa shape index (κ1) is 14.1. The van der Waals surface area contributed by atoms with Gasteiger partial charge in [0, 0.05) is 5.41 Å².